The van der Waals surface area contributed by atoms with E-state index in [2.05, 4.69) is 15.3 Å². The van der Waals surface area contributed by atoms with Crippen molar-refractivity contribution in [1.82, 2.24) is 9.97 Å². The van der Waals surface area contributed by atoms with Crippen LogP contribution in [0.4, 0.5) is 11.6 Å². The molecule has 0 saturated heterocycles. The van der Waals surface area contributed by atoms with Gasteiger partial charge in [0.2, 0.25) is 5.95 Å². The van der Waals surface area contributed by atoms with Gasteiger partial charge in [0.05, 0.1) is 6.61 Å². The molecule has 2 rings (SSSR count). The van der Waals surface area contributed by atoms with Crippen LogP contribution in [0.15, 0.2) is 41.3 Å². The fraction of sp³-hybridized carbons (Fsp3) is 0.167. The number of nitrogens with zero attached hydrogens (tertiary/aromatic N) is 1. The smallest absolute Gasteiger partial charge is 0.252 e. The zero-order chi connectivity index (χ0) is 12.1. The lowest BCUT2D eigenvalue weighted by Gasteiger charge is -2.06. The Kier molecular flexibility index (Phi) is 3.40. The molecule has 0 fully saturated rings. The van der Waals surface area contributed by atoms with E-state index in [4.69, 9.17) is 4.74 Å². The van der Waals surface area contributed by atoms with Crippen molar-refractivity contribution in [1.29, 1.82) is 0 Å². The van der Waals surface area contributed by atoms with Crippen LogP contribution in [-0.4, -0.2) is 16.6 Å². The summed E-state index contributed by atoms with van der Waals surface area (Å²) in [5.41, 5.74) is 0.649. The molecule has 5 heteroatoms. The number of hydrogen-bond acceptors (Lipinski definition) is 4. The number of aromatic nitrogens is 2. The Bertz CT molecular complexity index is 534. The van der Waals surface area contributed by atoms with Gasteiger partial charge in [-0.2, -0.15) is 0 Å². The van der Waals surface area contributed by atoms with Gasteiger partial charge in [-0.05, 0) is 31.2 Å². The maximum absolute atomic E-state index is 11.1. The first-order chi connectivity index (χ1) is 8.28. The summed E-state index contributed by atoms with van der Waals surface area (Å²) in [6.45, 7) is 2.57. The number of ether oxygens (including phenoxy) is 1. The highest BCUT2D eigenvalue weighted by Crippen LogP contribution is 2.17. The first-order valence-corrected chi connectivity index (χ1v) is 5.33. The van der Waals surface area contributed by atoms with E-state index in [-0.39, 0.29) is 5.56 Å². The van der Waals surface area contributed by atoms with Crippen molar-refractivity contribution in [2.24, 2.45) is 0 Å². The third-order valence-electron chi connectivity index (χ3n) is 2.10. The lowest BCUT2D eigenvalue weighted by Crippen LogP contribution is -2.08. The largest absolute Gasteiger partial charge is 0.494 e. The Labute approximate surface area is 98.5 Å². The zero-order valence-electron chi connectivity index (χ0n) is 9.43. The molecule has 0 radical (unpaired) electrons. The molecule has 0 saturated carbocycles. The Hall–Kier alpha value is -2.30. The normalized spacial score (nSPS) is 9.94. The monoisotopic (exact) mass is 231 g/mol. The van der Waals surface area contributed by atoms with E-state index in [0.29, 0.717) is 12.6 Å². The molecule has 0 atom stereocenters. The number of anilines is 2. The first kappa shape index (κ1) is 11.2. The van der Waals surface area contributed by atoms with Crippen LogP contribution >= 0.6 is 0 Å². The minimum absolute atomic E-state index is 0.187. The highest BCUT2D eigenvalue weighted by atomic mass is 16.5. The second-order valence-electron chi connectivity index (χ2n) is 3.37. The van der Waals surface area contributed by atoms with Crippen molar-refractivity contribution >= 4 is 11.6 Å². The van der Waals surface area contributed by atoms with E-state index in [1.165, 1.54) is 12.3 Å². The van der Waals surface area contributed by atoms with Crippen LogP contribution in [0, 0.1) is 0 Å². The van der Waals surface area contributed by atoms with Crippen LogP contribution in [0.3, 0.4) is 0 Å². The number of rotatable bonds is 4. The summed E-state index contributed by atoms with van der Waals surface area (Å²) in [4.78, 5) is 17.6. The summed E-state index contributed by atoms with van der Waals surface area (Å²) in [6, 6.07) is 8.79. The van der Waals surface area contributed by atoms with Crippen molar-refractivity contribution < 1.29 is 4.74 Å². The van der Waals surface area contributed by atoms with E-state index < -0.39 is 0 Å². The molecular formula is C12H13N3O2. The van der Waals surface area contributed by atoms with E-state index >= 15 is 0 Å². The van der Waals surface area contributed by atoms with Crippen LogP contribution in [0.25, 0.3) is 0 Å². The molecule has 5 nitrogen and oxygen atoms in total. The lowest BCUT2D eigenvalue weighted by molar-refractivity contribution is 0.340. The Morgan fingerprint density at radius 3 is 2.71 bits per heavy atom. The van der Waals surface area contributed by atoms with Crippen LogP contribution < -0.4 is 15.6 Å². The predicted molar refractivity (Wildman–Crippen MR) is 65.8 cm³/mol. The summed E-state index contributed by atoms with van der Waals surface area (Å²) < 4.78 is 5.33. The Balaban J connectivity index is 2.11. The predicted octanol–water partition coefficient (Wildman–Crippen LogP) is 1.91. The zero-order valence-corrected chi connectivity index (χ0v) is 9.43. The van der Waals surface area contributed by atoms with E-state index in [1.807, 2.05) is 31.2 Å². The number of H-pyrrole nitrogens is 1. The summed E-state index contributed by atoms with van der Waals surface area (Å²) in [5, 5.41) is 2.99. The van der Waals surface area contributed by atoms with Crippen LogP contribution in [0.2, 0.25) is 0 Å². The number of hydrogen-bond donors (Lipinski definition) is 2. The van der Waals surface area contributed by atoms with Crippen molar-refractivity contribution in [3.8, 4) is 5.75 Å². The van der Waals surface area contributed by atoms with Gasteiger partial charge in [0.1, 0.15) is 5.75 Å². The Morgan fingerprint density at radius 1 is 1.29 bits per heavy atom. The van der Waals surface area contributed by atoms with Gasteiger partial charge in [-0.25, -0.2) is 4.98 Å². The molecule has 17 heavy (non-hydrogen) atoms. The summed E-state index contributed by atoms with van der Waals surface area (Å²) in [5.74, 6) is 1.23. The molecule has 0 unspecified atom stereocenters. The van der Waals surface area contributed by atoms with Crippen molar-refractivity contribution in [2.75, 3.05) is 11.9 Å². The average Bonchev–Trinajstić information content (AvgIpc) is 2.32. The van der Waals surface area contributed by atoms with E-state index in [0.717, 1.165) is 11.4 Å². The second kappa shape index (κ2) is 5.16. The first-order valence-electron chi connectivity index (χ1n) is 5.33. The minimum atomic E-state index is -0.187. The maximum atomic E-state index is 11.1. The molecule has 0 aliphatic heterocycles. The third kappa shape index (κ3) is 3.07. The summed E-state index contributed by atoms with van der Waals surface area (Å²) in [7, 11) is 0. The minimum Gasteiger partial charge on any atom is -0.494 e. The molecule has 0 aliphatic rings. The summed E-state index contributed by atoms with van der Waals surface area (Å²) in [6.07, 6.45) is 1.45. The molecule has 0 spiro atoms. The van der Waals surface area contributed by atoms with Gasteiger partial charge in [0, 0.05) is 18.0 Å². The molecule has 2 N–H and O–H groups in total. The molecule has 88 valence electrons. The van der Waals surface area contributed by atoms with Gasteiger partial charge in [0.25, 0.3) is 5.56 Å². The molecular weight excluding hydrogens is 218 g/mol. The highest BCUT2D eigenvalue weighted by molar-refractivity contribution is 5.54. The van der Waals surface area contributed by atoms with Gasteiger partial charge < -0.3 is 10.1 Å². The van der Waals surface area contributed by atoms with Crippen LogP contribution in [0.5, 0.6) is 5.75 Å². The van der Waals surface area contributed by atoms with Crippen LogP contribution in [-0.2, 0) is 0 Å². The standard InChI is InChI=1S/C12H13N3O2/c1-2-17-10-5-3-9(4-6-10)14-12-13-8-7-11(16)15-12/h3-8H,2H2,1H3,(H2,13,14,15,16). The number of benzene rings is 1. The average molecular weight is 231 g/mol. The molecule has 1 aromatic heterocycles. The number of aromatic amines is 1. The van der Waals surface area contributed by atoms with Gasteiger partial charge in [-0.15, -0.1) is 0 Å². The van der Waals surface area contributed by atoms with Crippen LogP contribution in [0.1, 0.15) is 6.92 Å². The van der Waals surface area contributed by atoms with Gasteiger partial charge >= 0.3 is 0 Å². The molecule has 0 bridgehead atoms. The van der Waals surface area contributed by atoms with Gasteiger partial charge in [-0.3, -0.25) is 9.78 Å². The second-order valence-corrected chi connectivity index (χ2v) is 3.37. The summed E-state index contributed by atoms with van der Waals surface area (Å²) >= 11 is 0. The topological polar surface area (TPSA) is 67.0 Å². The van der Waals surface area contributed by atoms with Gasteiger partial charge in [0.15, 0.2) is 0 Å². The fourth-order valence-electron chi connectivity index (χ4n) is 1.37. The molecule has 1 aromatic carbocycles. The van der Waals surface area contributed by atoms with E-state index in [9.17, 15) is 4.79 Å². The molecule has 1 heterocycles. The SMILES string of the molecule is CCOc1ccc(Nc2nccc(=O)[nH]2)cc1. The van der Waals surface area contributed by atoms with Crippen molar-refractivity contribution in [3.63, 3.8) is 0 Å². The number of nitrogens with one attached hydrogen (secondary N) is 2. The van der Waals surface area contributed by atoms with Gasteiger partial charge in [-0.1, -0.05) is 0 Å². The quantitative estimate of drug-likeness (QED) is 0.843. The lowest BCUT2D eigenvalue weighted by atomic mass is 10.3. The molecule has 0 amide bonds. The Morgan fingerprint density at radius 2 is 2.06 bits per heavy atom. The molecule has 0 aliphatic carbocycles. The fourth-order valence-corrected chi connectivity index (χ4v) is 1.37. The maximum Gasteiger partial charge on any atom is 0.252 e. The van der Waals surface area contributed by atoms with E-state index in [1.54, 1.807) is 0 Å². The third-order valence-corrected chi connectivity index (χ3v) is 2.10. The van der Waals surface area contributed by atoms with Crippen molar-refractivity contribution in [3.05, 3.63) is 46.9 Å². The molecule has 2 aromatic rings. The highest BCUT2D eigenvalue weighted by Gasteiger charge is 1.97. The van der Waals surface area contributed by atoms with Crippen molar-refractivity contribution in [2.45, 2.75) is 6.92 Å².